The van der Waals surface area contributed by atoms with Crippen LogP contribution < -0.4 is 0 Å². The Bertz CT molecular complexity index is 420. The van der Waals surface area contributed by atoms with Gasteiger partial charge in [-0.2, -0.15) is 0 Å². The van der Waals surface area contributed by atoms with Crippen LogP contribution in [0.15, 0.2) is 17.0 Å². The standard InChI is InChI=1S/C8H10N4O2/c1-6-7(11-14-10-6)4-12-3-2-9-8(12)5-13/h2-3,13H,4-5H2,1H3. The van der Waals surface area contributed by atoms with Gasteiger partial charge in [-0.3, -0.25) is 0 Å². The Morgan fingerprint density at radius 2 is 2.36 bits per heavy atom. The van der Waals surface area contributed by atoms with Crippen molar-refractivity contribution >= 4 is 0 Å². The fourth-order valence-corrected chi connectivity index (χ4v) is 1.19. The maximum atomic E-state index is 8.96. The molecule has 6 nitrogen and oxygen atoms in total. The van der Waals surface area contributed by atoms with Gasteiger partial charge in [0.15, 0.2) is 0 Å². The van der Waals surface area contributed by atoms with E-state index in [0.717, 1.165) is 11.4 Å². The second kappa shape index (κ2) is 3.59. The minimum atomic E-state index is -0.0860. The first-order chi connectivity index (χ1) is 6.81. The van der Waals surface area contributed by atoms with E-state index in [2.05, 4.69) is 19.9 Å². The Morgan fingerprint density at radius 1 is 1.50 bits per heavy atom. The molecule has 0 fully saturated rings. The number of aryl methyl sites for hydroxylation is 1. The second-order valence-corrected chi connectivity index (χ2v) is 2.93. The number of nitrogens with zero attached hydrogens (tertiary/aromatic N) is 4. The first-order valence-corrected chi connectivity index (χ1v) is 4.20. The fourth-order valence-electron chi connectivity index (χ4n) is 1.19. The molecule has 0 saturated carbocycles. The summed E-state index contributed by atoms with van der Waals surface area (Å²) in [5, 5.41) is 16.4. The molecule has 0 amide bonds. The SMILES string of the molecule is Cc1nonc1Cn1ccnc1CO. The third-order valence-electron chi connectivity index (χ3n) is 2.01. The zero-order valence-corrected chi connectivity index (χ0v) is 7.71. The van der Waals surface area contributed by atoms with Crippen molar-refractivity contribution in [1.82, 2.24) is 19.9 Å². The van der Waals surface area contributed by atoms with Crippen LogP contribution in [-0.2, 0) is 13.2 Å². The lowest BCUT2D eigenvalue weighted by atomic mass is 10.3. The average molecular weight is 194 g/mol. The van der Waals surface area contributed by atoms with Crippen LogP contribution in [0.4, 0.5) is 0 Å². The quantitative estimate of drug-likeness (QED) is 0.750. The van der Waals surface area contributed by atoms with Crippen molar-refractivity contribution in [2.75, 3.05) is 0 Å². The lowest BCUT2D eigenvalue weighted by molar-refractivity contribution is 0.265. The van der Waals surface area contributed by atoms with Gasteiger partial charge in [0.1, 0.15) is 23.8 Å². The van der Waals surface area contributed by atoms with Gasteiger partial charge in [-0.05, 0) is 6.92 Å². The molecule has 0 atom stereocenters. The van der Waals surface area contributed by atoms with Gasteiger partial charge in [-0.1, -0.05) is 10.3 Å². The predicted molar refractivity (Wildman–Crippen MR) is 46.3 cm³/mol. The highest BCUT2D eigenvalue weighted by Gasteiger charge is 2.08. The number of imidazole rings is 1. The first-order valence-electron chi connectivity index (χ1n) is 4.20. The summed E-state index contributed by atoms with van der Waals surface area (Å²) in [7, 11) is 0. The molecule has 0 aromatic carbocycles. The van der Waals surface area contributed by atoms with E-state index in [-0.39, 0.29) is 6.61 Å². The van der Waals surface area contributed by atoms with Gasteiger partial charge < -0.3 is 9.67 Å². The molecule has 0 radical (unpaired) electrons. The molecule has 1 N–H and O–H groups in total. The smallest absolute Gasteiger partial charge is 0.134 e. The van der Waals surface area contributed by atoms with Crippen molar-refractivity contribution in [2.24, 2.45) is 0 Å². The molecular formula is C8H10N4O2. The molecule has 2 aromatic heterocycles. The van der Waals surface area contributed by atoms with Crippen molar-refractivity contribution in [3.63, 3.8) is 0 Å². The summed E-state index contributed by atoms with van der Waals surface area (Å²) in [5.74, 6) is 0.604. The van der Waals surface area contributed by atoms with Gasteiger partial charge in [0.25, 0.3) is 0 Å². The summed E-state index contributed by atoms with van der Waals surface area (Å²) in [6.07, 6.45) is 3.41. The van der Waals surface area contributed by atoms with Crippen molar-refractivity contribution in [2.45, 2.75) is 20.1 Å². The summed E-state index contributed by atoms with van der Waals surface area (Å²) in [5.41, 5.74) is 1.50. The molecule has 14 heavy (non-hydrogen) atoms. The molecule has 0 aliphatic rings. The van der Waals surface area contributed by atoms with Crippen LogP contribution in [-0.4, -0.2) is 25.0 Å². The molecule has 0 unspecified atom stereocenters. The first kappa shape index (κ1) is 8.89. The average Bonchev–Trinajstić information content (AvgIpc) is 2.77. The van der Waals surface area contributed by atoms with E-state index < -0.39 is 0 Å². The highest BCUT2D eigenvalue weighted by Crippen LogP contribution is 2.06. The monoisotopic (exact) mass is 194 g/mol. The normalized spacial score (nSPS) is 10.7. The maximum absolute atomic E-state index is 8.96. The summed E-state index contributed by atoms with van der Waals surface area (Å²) in [6, 6.07) is 0. The molecule has 0 spiro atoms. The van der Waals surface area contributed by atoms with Crippen LogP contribution in [0.25, 0.3) is 0 Å². The molecule has 0 saturated heterocycles. The summed E-state index contributed by atoms with van der Waals surface area (Å²) in [6.45, 7) is 2.25. The van der Waals surface area contributed by atoms with E-state index in [1.165, 1.54) is 0 Å². The third kappa shape index (κ3) is 1.51. The van der Waals surface area contributed by atoms with E-state index in [9.17, 15) is 0 Å². The third-order valence-corrected chi connectivity index (χ3v) is 2.01. The van der Waals surface area contributed by atoms with Crippen LogP contribution in [0.5, 0.6) is 0 Å². The second-order valence-electron chi connectivity index (χ2n) is 2.93. The van der Waals surface area contributed by atoms with Crippen LogP contribution in [0.1, 0.15) is 17.2 Å². The van der Waals surface area contributed by atoms with Gasteiger partial charge in [0.05, 0.1) is 6.54 Å². The largest absolute Gasteiger partial charge is 0.388 e. The summed E-state index contributed by atoms with van der Waals surface area (Å²) in [4.78, 5) is 3.98. The molecule has 2 heterocycles. The Kier molecular flexibility index (Phi) is 2.28. The van der Waals surface area contributed by atoms with Gasteiger partial charge in [0.2, 0.25) is 0 Å². The highest BCUT2D eigenvalue weighted by atomic mass is 16.6. The van der Waals surface area contributed by atoms with Crippen LogP contribution >= 0.6 is 0 Å². The van der Waals surface area contributed by atoms with E-state index in [1.807, 2.05) is 6.92 Å². The number of aliphatic hydroxyl groups is 1. The number of hydrogen-bond donors (Lipinski definition) is 1. The lowest BCUT2D eigenvalue weighted by Gasteiger charge is -2.02. The number of aliphatic hydroxyl groups excluding tert-OH is 1. The Morgan fingerprint density at radius 3 is 3.00 bits per heavy atom. The topological polar surface area (TPSA) is 77.0 Å². The van der Waals surface area contributed by atoms with Crippen molar-refractivity contribution in [1.29, 1.82) is 0 Å². The van der Waals surface area contributed by atoms with Gasteiger partial charge in [0, 0.05) is 12.4 Å². The molecule has 74 valence electrons. The lowest BCUT2D eigenvalue weighted by Crippen LogP contribution is -2.05. The maximum Gasteiger partial charge on any atom is 0.134 e. The van der Waals surface area contributed by atoms with Crippen LogP contribution in [0.3, 0.4) is 0 Å². The van der Waals surface area contributed by atoms with E-state index >= 15 is 0 Å². The molecule has 2 rings (SSSR count). The van der Waals surface area contributed by atoms with Gasteiger partial charge in [-0.25, -0.2) is 9.61 Å². The van der Waals surface area contributed by atoms with Gasteiger partial charge in [-0.15, -0.1) is 0 Å². The predicted octanol–water partition coefficient (Wildman–Crippen LogP) is 0.115. The van der Waals surface area contributed by atoms with E-state index in [1.54, 1.807) is 17.0 Å². The van der Waals surface area contributed by atoms with E-state index in [0.29, 0.717) is 12.4 Å². The fraction of sp³-hybridized carbons (Fsp3) is 0.375. The number of hydrogen-bond acceptors (Lipinski definition) is 5. The molecule has 6 heteroatoms. The Hall–Kier alpha value is -1.69. The summed E-state index contributed by atoms with van der Waals surface area (Å²) >= 11 is 0. The zero-order chi connectivity index (χ0) is 9.97. The van der Waals surface area contributed by atoms with Crippen molar-refractivity contribution < 1.29 is 9.74 Å². The summed E-state index contributed by atoms with van der Waals surface area (Å²) < 4.78 is 6.37. The van der Waals surface area contributed by atoms with Crippen LogP contribution in [0, 0.1) is 6.92 Å². The molecular weight excluding hydrogens is 184 g/mol. The van der Waals surface area contributed by atoms with Crippen molar-refractivity contribution in [3.8, 4) is 0 Å². The molecule has 0 aliphatic heterocycles. The Balaban J connectivity index is 2.22. The Labute approximate surface area is 80.2 Å². The minimum absolute atomic E-state index is 0.0860. The molecule has 0 aliphatic carbocycles. The minimum Gasteiger partial charge on any atom is -0.388 e. The molecule has 0 bridgehead atoms. The van der Waals surface area contributed by atoms with Crippen LogP contribution in [0.2, 0.25) is 0 Å². The highest BCUT2D eigenvalue weighted by molar-refractivity contribution is 5.07. The number of aromatic nitrogens is 4. The number of rotatable bonds is 3. The molecule has 2 aromatic rings. The van der Waals surface area contributed by atoms with E-state index in [4.69, 9.17) is 5.11 Å². The zero-order valence-electron chi connectivity index (χ0n) is 7.71. The van der Waals surface area contributed by atoms with Crippen molar-refractivity contribution in [3.05, 3.63) is 29.6 Å². The van der Waals surface area contributed by atoms with Gasteiger partial charge >= 0.3 is 0 Å².